The van der Waals surface area contributed by atoms with Gasteiger partial charge in [0.05, 0.1) is 11.0 Å². The van der Waals surface area contributed by atoms with Gasteiger partial charge in [-0.3, -0.25) is 4.79 Å². The third-order valence-corrected chi connectivity index (χ3v) is 4.88. The molecule has 1 amide bonds. The normalized spacial score (nSPS) is 12.1. The molecule has 1 N–H and O–H groups in total. The van der Waals surface area contributed by atoms with Crippen molar-refractivity contribution in [3.63, 3.8) is 0 Å². The van der Waals surface area contributed by atoms with Gasteiger partial charge in [0.1, 0.15) is 23.9 Å². The van der Waals surface area contributed by atoms with Gasteiger partial charge < -0.3 is 14.6 Å². The first-order valence-electron chi connectivity index (χ1n) is 8.74. The molecule has 2 aromatic carbocycles. The number of hydrogen-bond acceptors (Lipinski definition) is 5. The minimum Gasteiger partial charge on any atom is -0.405 e. The number of benzene rings is 2. The van der Waals surface area contributed by atoms with E-state index in [-0.39, 0.29) is 30.2 Å². The Bertz CT molecular complexity index is 1170. The van der Waals surface area contributed by atoms with E-state index in [0.717, 1.165) is 12.3 Å². The molecule has 3 rings (SSSR count). The molecule has 0 saturated carbocycles. The minimum absolute atomic E-state index is 0.148. The standard InChI is InChI=1S/C19H18F3N3O4S/c1-30(27,28)12-17-24-14-7-3-4-8-15(14)25(17)11-18(26)23-10-13-6-2-5-9-16(13)29-19(20,21)22/h2-9H,10-12H2,1H3,(H,23,26). The van der Waals surface area contributed by atoms with Crippen LogP contribution in [0.15, 0.2) is 48.5 Å². The van der Waals surface area contributed by atoms with Crippen LogP contribution < -0.4 is 10.1 Å². The van der Waals surface area contributed by atoms with E-state index < -0.39 is 27.9 Å². The number of nitrogens with one attached hydrogen (secondary N) is 1. The van der Waals surface area contributed by atoms with Gasteiger partial charge in [-0.2, -0.15) is 0 Å². The van der Waals surface area contributed by atoms with Gasteiger partial charge in [0.15, 0.2) is 9.84 Å². The molecule has 160 valence electrons. The summed E-state index contributed by atoms with van der Waals surface area (Å²) in [6.45, 7) is -0.438. The molecule has 0 atom stereocenters. The predicted octanol–water partition coefficient (Wildman–Crippen LogP) is 2.80. The van der Waals surface area contributed by atoms with Crippen LogP contribution in [0.5, 0.6) is 5.75 Å². The number of sulfone groups is 1. The largest absolute Gasteiger partial charge is 0.573 e. The zero-order chi connectivity index (χ0) is 21.9. The Morgan fingerprint density at radius 3 is 2.50 bits per heavy atom. The van der Waals surface area contributed by atoms with E-state index in [1.54, 1.807) is 24.3 Å². The maximum atomic E-state index is 12.5. The Balaban J connectivity index is 1.78. The van der Waals surface area contributed by atoms with Crippen molar-refractivity contribution in [2.45, 2.75) is 25.2 Å². The molecule has 11 heteroatoms. The number of fused-ring (bicyclic) bond motifs is 1. The monoisotopic (exact) mass is 441 g/mol. The van der Waals surface area contributed by atoms with E-state index in [1.807, 2.05) is 0 Å². The second kappa shape index (κ2) is 8.34. The number of rotatable bonds is 7. The second-order valence-electron chi connectivity index (χ2n) is 6.61. The van der Waals surface area contributed by atoms with Crippen molar-refractivity contribution in [2.24, 2.45) is 0 Å². The molecular weight excluding hydrogens is 423 g/mol. The highest BCUT2D eigenvalue weighted by Crippen LogP contribution is 2.26. The van der Waals surface area contributed by atoms with E-state index in [2.05, 4.69) is 15.0 Å². The van der Waals surface area contributed by atoms with Gasteiger partial charge in [0.2, 0.25) is 5.91 Å². The number of carbonyl (C=O) groups is 1. The number of halogens is 3. The van der Waals surface area contributed by atoms with Crippen molar-refractivity contribution in [3.8, 4) is 5.75 Å². The first-order chi connectivity index (χ1) is 14.0. The lowest BCUT2D eigenvalue weighted by Crippen LogP contribution is -2.28. The SMILES string of the molecule is CS(=O)(=O)Cc1nc2ccccc2n1CC(=O)NCc1ccccc1OC(F)(F)F. The Kier molecular flexibility index (Phi) is 6.01. The van der Waals surface area contributed by atoms with Crippen molar-refractivity contribution < 1.29 is 31.1 Å². The number of amides is 1. The minimum atomic E-state index is -4.85. The van der Waals surface area contributed by atoms with Gasteiger partial charge >= 0.3 is 6.36 Å². The number of alkyl halides is 3. The number of carbonyl (C=O) groups excluding carboxylic acids is 1. The number of ether oxygens (including phenoxy) is 1. The molecule has 0 aliphatic heterocycles. The highest BCUT2D eigenvalue weighted by atomic mass is 32.2. The second-order valence-corrected chi connectivity index (χ2v) is 8.75. The summed E-state index contributed by atoms with van der Waals surface area (Å²) in [6, 6.07) is 12.3. The van der Waals surface area contributed by atoms with Gasteiger partial charge in [-0.15, -0.1) is 13.2 Å². The zero-order valence-corrected chi connectivity index (χ0v) is 16.6. The Labute approximate surface area is 170 Å². The van der Waals surface area contributed by atoms with E-state index in [9.17, 15) is 26.4 Å². The third kappa shape index (κ3) is 5.72. The number of hydrogen-bond donors (Lipinski definition) is 1. The summed E-state index contributed by atoms with van der Waals surface area (Å²) < 4.78 is 66.5. The number of aromatic nitrogens is 2. The molecule has 30 heavy (non-hydrogen) atoms. The molecule has 0 spiro atoms. The summed E-state index contributed by atoms with van der Waals surface area (Å²) >= 11 is 0. The van der Waals surface area contributed by atoms with E-state index >= 15 is 0 Å². The summed E-state index contributed by atoms with van der Waals surface area (Å²) in [5.74, 6) is -1.07. The molecule has 7 nitrogen and oxygen atoms in total. The van der Waals surface area contributed by atoms with Crippen LogP contribution in [-0.4, -0.2) is 36.5 Å². The quantitative estimate of drug-likeness (QED) is 0.609. The van der Waals surface area contributed by atoms with E-state index in [4.69, 9.17) is 0 Å². The summed E-state index contributed by atoms with van der Waals surface area (Å²) in [5.41, 5.74) is 1.26. The number of nitrogens with zero attached hydrogens (tertiary/aromatic N) is 2. The Morgan fingerprint density at radius 1 is 1.13 bits per heavy atom. The summed E-state index contributed by atoms with van der Waals surface area (Å²) in [5, 5.41) is 2.53. The van der Waals surface area contributed by atoms with Crippen LogP contribution in [-0.2, 0) is 33.5 Å². The molecule has 0 saturated heterocycles. The maximum absolute atomic E-state index is 12.5. The number of para-hydroxylation sites is 3. The Morgan fingerprint density at radius 2 is 1.80 bits per heavy atom. The summed E-state index contributed by atoms with van der Waals surface area (Å²) in [4.78, 5) is 16.8. The van der Waals surface area contributed by atoms with Crippen LogP contribution in [0.25, 0.3) is 11.0 Å². The highest BCUT2D eigenvalue weighted by Gasteiger charge is 2.32. The highest BCUT2D eigenvalue weighted by molar-refractivity contribution is 7.89. The van der Waals surface area contributed by atoms with Crippen molar-refractivity contribution in [3.05, 3.63) is 59.9 Å². The van der Waals surface area contributed by atoms with Crippen LogP contribution in [0.2, 0.25) is 0 Å². The van der Waals surface area contributed by atoms with E-state index in [0.29, 0.717) is 11.0 Å². The number of imidazole rings is 1. The maximum Gasteiger partial charge on any atom is 0.573 e. The zero-order valence-electron chi connectivity index (χ0n) is 15.8. The first-order valence-corrected chi connectivity index (χ1v) is 10.8. The molecule has 0 bridgehead atoms. The molecule has 1 heterocycles. The van der Waals surface area contributed by atoms with Gasteiger partial charge in [0.25, 0.3) is 0 Å². The average Bonchev–Trinajstić information content (AvgIpc) is 2.95. The lowest BCUT2D eigenvalue weighted by Gasteiger charge is -2.14. The van der Waals surface area contributed by atoms with Crippen LogP contribution in [0.4, 0.5) is 13.2 Å². The van der Waals surface area contributed by atoms with Crippen LogP contribution in [0, 0.1) is 0 Å². The molecule has 0 unspecified atom stereocenters. The van der Waals surface area contributed by atoms with Crippen LogP contribution in [0.1, 0.15) is 11.4 Å². The molecular formula is C19H18F3N3O4S. The van der Waals surface area contributed by atoms with Crippen LogP contribution >= 0.6 is 0 Å². The topological polar surface area (TPSA) is 90.3 Å². The fourth-order valence-corrected chi connectivity index (χ4v) is 3.60. The molecule has 0 fully saturated rings. The smallest absolute Gasteiger partial charge is 0.405 e. The average molecular weight is 441 g/mol. The fourth-order valence-electron chi connectivity index (χ4n) is 2.91. The Hall–Kier alpha value is -3.08. The van der Waals surface area contributed by atoms with Crippen molar-refractivity contribution in [1.82, 2.24) is 14.9 Å². The fraction of sp³-hybridized carbons (Fsp3) is 0.263. The van der Waals surface area contributed by atoms with Crippen molar-refractivity contribution >= 4 is 26.8 Å². The van der Waals surface area contributed by atoms with E-state index in [1.165, 1.54) is 22.8 Å². The lowest BCUT2D eigenvalue weighted by atomic mass is 10.2. The summed E-state index contributed by atoms with van der Waals surface area (Å²) in [7, 11) is -3.40. The van der Waals surface area contributed by atoms with Gasteiger partial charge in [0, 0.05) is 18.4 Å². The van der Waals surface area contributed by atoms with Crippen LogP contribution in [0.3, 0.4) is 0 Å². The molecule has 1 aromatic heterocycles. The van der Waals surface area contributed by atoms with Gasteiger partial charge in [-0.25, -0.2) is 13.4 Å². The molecule has 0 radical (unpaired) electrons. The summed E-state index contributed by atoms with van der Waals surface area (Å²) in [6.07, 6.45) is -3.79. The van der Waals surface area contributed by atoms with Crippen molar-refractivity contribution in [1.29, 1.82) is 0 Å². The van der Waals surface area contributed by atoms with Gasteiger partial charge in [-0.05, 0) is 18.2 Å². The van der Waals surface area contributed by atoms with Gasteiger partial charge in [-0.1, -0.05) is 30.3 Å². The molecule has 3 aromatic rings. The first kappa shape index (κ1) is 21.6. The predicted molar refractivity (Wildman–Crippen MR) is 103 cm³/mol. The third-order valence-electron chi connectivity index (χ3n) is 4.10. The molecule has 0 aliphatic rings. The van der Waals surface area contributed by atoms with Crippen molar-refractivity contribution in [2.75, 3.05) is 6.26 Å². The molecule has 0 aliphatic carbocycles. The lowest BCUT2D eigenvalue weighted by molar-refractivity contribution is -0.274.